The van der Waals surface area contributed by atoms with Crippen LogP contribution in [0.4, 0.5) is 28.9 Å². The van der Waals surface area contributed by atoms with Crippen molar-refractivity contribution < 1.29 is 17.6 Å². The van der Waals surface area contributed by atoms with Crippen molar-refractivity contribution in [1.82, 2.24) is 15.7 Å². The molecule has 1 aromatic heterocycles. The molecule has 1 aliphatic rings. The summed E-state index contributed by atoms with van der Waals surface area (Å²) in [5.41, 5.74) is 3.20. The number of halogens is 4. The lowest BCUT2D eigenvalue weighted by Crippen LogP contribution is -2.29. The van der Waals surface area contributed by atoms with Crippen molar-refractivity contribution in [3.63, 3.8) is 0 Å². The van der Waals surface area contributed by atoms with Gasteiger partial charge in [-0.1, -0.05) is 12.6 Å². The molecule has 3 rings (SSSR count). The summed E-state index contributed by atoms with van der Waals surface area (Å²) in [4.78, 5) is 8.43. The molecule has 2 aromatic rings. The third kappa shape index (κ3) is 6.93. The molecule has 0 spiro atoms. The van der Waals surface area contributed by atoms with Gasteiger partial charge in [0.2, 0.25) is 0 Å². The molecule has 0 atom stereocenters. The number of hydrogen-bond acceptors (Lipinski definition) is 5. The minimum Gasteiger partial charge on any atom is -0.354 e. The topological polar surface area (TPSA) is 73.7 Å². The maximum atomic E-state index is 13.9. The third-order valence-corrected chi connectivity index (χ3v) is 4.27. The number of nitrogens with zero attached hydrogens (tertiary/aromatic N) is 3. The molecule has 0 unspecified atom stereocenters. The molecule has 6 nitrogen and oxygen atoms in total. The second-order valence-corrected chi connectivity index (χ2v) is 6.99. The van der Waals surface area contributed by atoms with Gasteiger partial charge in [-0.2, -0.15) is 18.3 Å². The first-order valence-electron chi connectivity index (χ1n) is 9.80. The molecule has 0 aliphatic heterocycles. The van der Waals surface area contributed by atoms with Crippen LogP contribution >= 0.6 is 0 Å². The van der Waals surface area contributed by atoms with Crippen LogP contribution in [0.25, 0.3) is 0 Å². The number of benzene rings is 1. The number of aromatic nitrogens is 1. The fourth-order valence-electron chi connectivity index (χ4n) is 2.52. The third-order valence-electron chi connectivity index (χ3n) is 4.27. The monoisotopic (exact) mass is 446 g/mol. The Kier molecular flexibility index (Phi) is 7.24. The molecule has 1 aromatic carbocycles. The molecular formula is C22H22F4N6. The van der Waals surface area contributed by atoms with Crippen LogP contribution in [-0.2, 0) is 6.18 Å². The maximum absolute atomic E-state index is 13.9. The predicted octanol–water partition coefficient (Wildman–Crippen LogP) is 5.26. The van der Waals surface area contributed by atoms with Gasteiger partial charge >= 0.3 is 6.18 Å². The zero-order valence-electron chi connectivity index (χ0n) is 17.2. The van der Waals surface area contributed by atoms with E-state index in [0.717, 1.165) is 25.0 Å². The summed E-state index contributed by atoms with van der Waals surface area (Å²) in [5.74, 6) is -0.138. The van der Waals surface area contributed by atoms with E-state index in [-0.39, 0.29) is 17.7 Å². The minimum atomic E-state index is -4.41. The Morgan fingerprint density at radius 3 is 2.59 bits per heavy atom. The van der Waals surface area contributed by atoms with Crippen LogP contribution in [-0.4, -0.2) is 23.1 Å². The van der Waals surface area contributed by atoms with E-state index in [4.69, 9.17) is 0 Å². The molecule has 10 heteroatoms. The van der Waals surface area contributed by atoms with E-state index >= 15 is 0 Å². The van der Waals surface area contributed by atoms with Gasteiger partial charge in [-0.05, 0) is 56.2 Å². The molecule has 1 fully saturated rings. The van der Waals surface area contributed by atoms with Crippen LogP contribution in [0, 0.1) is 0 Å². The van der Waals surface area contributed by atoms with Crippen molar-refractivity contribution in [2.45, 2.75) is 32.0 Å². The highest BCUT2D eigenvalue weighted by Crippen LogP contribution is 2.31. The first-order valence-corrected chi connectivity index (χ1v) is 9.80. The Hall–Kier alpha value is -3.69. The highest BCUT2D eigenvalue weighted by Gasteiger charge is 2.30. The second kappa shape index (κ2) is 10.1. The summed E-state index contributed by atoms with van der Waals surface area (Å²) in [7, 11) is 0. The highest BCUT2D eigenvalue weighted by atomic mass is 19.4. The number of nitrogens with one attached hydrogen (secondary N) is 3. The average Bonchev–Trinajstić information content (AvgIpc) is 3.58. The number of hydrogen-bond donors (Lipinski definition) is 3. The second-order valence-electron chi connectivity index (χ2n) is 6.99. The zero-order chi connectivity index (χ0) is 23.1. The van der Waals surface area contributed by atoms with Crippen LogP contribution in [0.1, 0.15) is 31.0 Å². The summed E-state index contributed by atoms with van der Waals surface area (Å²) in [5, 5.41) is 9.61. The van der Waals surface area contributed by atoms with Crippen molar-refractivity contribution in [2.75, 3.05) is 5.32 Å². The first kappa shape index (κ1) is 23.0. The number of aliphatic imine (C=N–C) groups is 1. The van der Waals surface area contributed by atoms with Gasteiger partial charge in [0.05, 0.1) is 35.4 Å². The summed E-state index contributed by atoms with van der Waals surface area (Å²) in [6.07, 6.45) is 1.66. The number of alkyl halides is 3. The van der Waals surface area contributed by atoms with Crippen molar-refractivity contribution in [1.29, 1.82) is 0 Å². The molecule has 32 heavy (non-hydrogen) atoms. The maximum Gasteiger partial charge on any atom is 0.416 e. The van der Waals surface area contributed by atoms with Gasteiger partial charge in [-0.25, -0.2) is 4.39 Å². The van der Waals surface area contributed by atoms with E-state index in [1.807, 2.05) is 0 Å². The van der Waals surface area contributed by atoms with Crippen molar-refractivity contribution in [2.24, 2.45) is 10.1 Å². The van der Waals surface area contributed by atoms with Crippen LogP contribution in [0.5, 0.6) is 0 Å². The zero-order valence-corrected chi connectivity index (χ0v) is 17.2. The molecule has 168 valence electrons. The fourth-order valence-corrected chi connectivity index (χ4v) is 2.52. The molecule has 0 radical (unpaired) electrons. The van der Waals surface area contributed by atoms with Gasteiger partial charge in [-0.3, -0.25) is 15.4 Å². The molecule has 0 saturated heterocycles. The number of anilines is 2. The smallest absolute Gasteiger partial charge is 0.354 e. The van der Waals surface area contributed by atoms with Crippen LogP contribution in [0.15, 0.2) is 77.0 Å². The van der Waals surface area contributed by atoms with Gasteiger partial charge < -0.3 is 10.6 Å². The fraction of sp³-hybridized carbons (Fsp3) is 0.227. The summed E-state index contributed by atoms with van der Waals surface area (Å²) in [6, 6.07) is 8.31. The van der Waals surface area contributed by atoms with Gasteiger partial charge in [0, 0.05) is 5.69 Å². The number of rotatable bonds is 8. The van der Waals surface area contributed by atoms with Gasteiger partial charge in [-0.15, -0.1) is 0 Å². The number of pyridine rings is 1. The van der Waals surface area contributed by atoms with Gasteiger partial charge in [0.25, 0.3) is 0 Å². The Balaban J connectivity index is 1.54. The lowest BCUT2D eigenvalue weighted by molar-refractivity contribution is -0.137. The van der Waals surface area contributed by atoms with Gasteiger partial charge in [0.1, 0.15) is 5.82 Å². The van der Waals surface area contributed by atoms with Gasteiger partial charge in [0.15, 0.2) is 11.7 Å². The molecule has 0 amide bonds. The summed E-state index contributed by atoms with van der Waals surface area (Å²) in [6.45, 7) is 5.31. The van der Waals surface area contributed by atoms with E-state index in [1.165, 1.54) is 30.6 Å². The largest absolute Gasteiger partial charge is 0.416 e. The Morgan fingerprint density at radius 2 is 1.97 bits per heavy atom. The van der Waals surface area contributed by atoms with Crippen molar-refractivity contribution in [3.8, 4) is 0 Å². The van der Waals surface area contributed by atoms with E-state index in [9.17, 15) is 17.6 Å². The average molecular weight is 446 g/mol. The standard InChI is InChI=1S/C22H22F4N6/c1-3-20(23)21(31-16-7-8-16)29-14(2)32-28-13-18-9-10-19(12-27-18)30-17-6-4-5-15(11-17)22(24,25)26/h3-6,9-13,16,30,32H,2,7-8H2,1H3,(H,29,31)/b20-3+,28-13+. The molecular weight excluding hydrogens is 424 g/mol. The highest BCUT2D eigenvalue weighted by molar-refractivity contribution is 5.97. The number of amidine groups is 1. The minimum absolute atomic E-state index is 0.103. The van der Waals surface area contributed by atoms with E-state index < -0.39 is 17.6 Å². The molecule has 1 heterocycles. The first-order chi connectivity index (χ1) is 15.2. The predicted molar refractivity (Wildman–Crippen MR) is 117 cm³/mol. The molecule has 0 bridgehead atoms. The van der Waals surface area contributed by atoms with Crippen LogP contribution < -0.4 is 16.1 Å². The van der Waals surface area contributed by atoms with Crippen LogP contribution in [0.2, 0.25) is 0 Å². The Bertz CT molecular complexity index is 1040. The number of hydrazone groups is 1. The summed E-state index contributed by atoms with van der Waals surface area (Å²) < 4.78 is 52.4. The lowest BCUT2D eigenvalue weighted by atomic mass is 10.2. The van der Waals surface area contributed by atoms with Crippen LogP contribution in [0.3, 0.4) is 0 Å². The Morgan fingerprint density at radius 1 is 1.19 bits per heavy atom. The molecule has 1 saturated carbocycles. The van der Waals surface area contributed by atoms with E-state index in [0.29, 0.717) is 17.1 Å². The SMILES string of the molecule is C=C(N/N=C/c1ccc(Nc2cccc(C(F)(F)F)c2)cn1)NC(=NC1CC1)/C(F)=C\C. The molecule has 3 N–H and O–H groups in total. The van der Waals surface area contributed by atoms with Crippen molar-refractivity contribution in [3.05, 3.63) is 78.2 Å². The van der Waals surface area contributed by atoms with E-state index in [2.05, 4.69) is 37.7 Å². The molecule has 1 aliphatic carbocycles. The quantitative estimate of drug-likeness (QED) is 0.224. The number of allylic oxidation sites excluding steroid dienone is 1. The lowest BCUT2D eigenvalue weighted by Gasteiger charge is -2.11. The summed E-state index contributed by atoms with van der Waals surface area (Å²) >= 11 is 0. The Labute approximate surface area is 182 Å². The van der Waals surface area contributed by atoms with E-state index in [1.54, 1.807) is 19.1 Å². The normalized spacial score (nSPS) is 15.0. The van der Waals surface area contributed by atoms with Crippen molar-refractivity contribution >= 4 is 23.4 Å².